The fourth-order valence-electron chi connectivity index (χ4n) is 2.23. The van der Waals surface area contributed by atoms with Crippen molar-refractivity contribution in [1.82, 2.24) is 5.32 Å². The second-order valence-corrected chi connectivity index (χ2v) is 6.02. The lowest BCUT2D eigenvalue weighted by Crippen LogP contribution is -2.19. The van der Waals surface area contributed by atoms with Crippen LogP contribution in [0.15, 0.2) is 64.1 Å². The molecule has 0 aliphatic carbocycles. The van der Waals surface area contributed by atoms with Gasteiger partial charge in [-0.3, -0.25) is 9.79 Å². The second-order valence-electron chi connectivity index (χ2n) is 5.11. The number of carbonyl (C=O) groups is 1. The predicted molar refractivity (Wildman–Crippen MR) is 97.7 cm³/mol. The molecule has 5 heteroatoms. The minimum atomic E-state index is -0.156. The van der Waals surface area contributed by atoms with Crippen LogP contribution in [0.25, 0.3) is 6.08 Å². The van der Waals surface area contributed by atoms with Crippen LogP contribution in [0, 0.1) is 0 Å². The van der Waals surface area contributed by atoms with Crippen LogP contribution in [-0.4, -0.2) is 24.8 Å². The van der Waals surface area contributed by atoms with Gasteiger partial charge in [-0.15, -0.1) is 0 Å². The zero-order valence-corrected chi connectivity index (χ0v) is 14.0. The summed E-state index contributed by atoms with van der Waals surface area (Å²) in [6.07, 6.45) is 3.31. The molecule has 0 fully saturated rings. The maximum atomic E-state index is 12.0. The largest absolute Gasteiger partial charge is 0.368 e. The molecule has 1 aliphatic heterocycles. The maximum Gasteiger partial charge on any atom is 0.248 e. The number of anilines is 1. The van der Waals surface area contributed by atoms with Gasteiger partial charge >= 0.3 is 0 Å². The molecule has 2 aromatic rings. The van der Waals surface area contributed by atoms with Crippen LogP contribution in [0.5, 0.6) is 0 Å². The summed E-state index contributed by atoms with van der Waals surface area (Å²) in [6, 6.07) is 15.4. The Morgan fingerprint density at radius 3 is 2.52 bits per heavy atom. The maximum absolute atomic E-state index is 12.0. The van der Waals surface area contributed by atoms with Crippen molar-refractivity contribution in [3.63, 3.8) is 0 Å². The number of hydrogen-bond acceptors (Lipinski definition) is 3. The smallest absolute Gasteiger partial charge is 0.248 e. The summed E-state index contributed by atoms with van der Waals surface area (Å²) < 4.78 is 1.01. The first-order chi connectivity index (χ1) is 11.2. The molecule has 116 valence electrons. The minimum Gasteiger partial charge on any atom is -0.368 e. The van der Waals surface area contributed by atoms with E-state index in [1.54, 1.807) is 6.08 Å². The summed E-state index contributed by atoms with van der Waals surface area (Å²) in [6.45, 7) is 1.70. The number of hydrogen-bond donors (Lipinski definition) is 2. The lowest BCUT2D eigenvalue weighted by molar-refractivity contribution is -0.111. The van der Waals surface area contributed by atoms with E-state index in [9.17, 15) is 4.79 Å². The summed E-state index contributed by atoms with van der Waals surface area (Å²) in [5, 5.41) is 6.07. The number of halogens is 1. The van der Waals surface area contributed by atoms with Gasteiger partial charge in [0.15, 0.2) is 0 Å². The predicted octanol–water partition coefficient (Wildman–Crippen LogP) is 3.45. The summed E-state index contributed by atoms with van der Waals surface area (Å²) in [5.74, 6) is 0.759. The Hall–Kier alpha value is -2.40. The number of amides is 1. The van der Waals surface area contributed by atoms with Crippen LogP contribution in [0.3, 0.4) is 0 Å². The zero-order chi connectivity index (χ0) is 16.1. The van der Waals surface area contributed by atoms with Crippen molar-refractivity contribution < 1.29 is 4.79 Å². The second kappa shape index (κ2) is 7.24. The van der Waals surface area contributed by atoms with E-state index in [-0.39, 0.29) is 5.91 Å². The van der Waals surface area contributed by atoms with Crippen LogP contribution < -0.4 is 10.6 Å². The van der Waals surface area contributed by atoms with Crippen molar-refractivity contribution in [2.24, 2.45) is 4.99 Å². The number of carbonyl (C=O) groups excluding carboxylic acids is 1. The van der Waals surface area contributed by atoms with Crippen LogP contribution >= 0.6 is 15.9 Å². The van der Waals surface area contributed by atoms with E-state index in [1.807, 2.05) is 48.5 Å². The van der Waals surface area contributed by atoms with E-state index >= 15 is 0 Å². The molecule has 0 saturated heterocycles. The Kier molecular flexibility index (Phi) is 4.88. The molecule has 1 aliphatic rings. The molecule has 2 aromatic carbocycles. The number of aliphatic imine (C=N–C) groups is 1. The summed E-state index contributed by atoms with van der Waals surface area (Å²) >= 11 is 3.38. The monoisotopic (exact) mass is 369 g/mol. The molecule has 0 aromatic heterocycles. The molecule has 0 spiro atoms. The van der Waals surface area contributed by atoms with Crippen molar-refractivity contribution in [3.8, 4) is 0 Å². The van der Waals surface area contributed by atoms with Crippen LogP contribution in [0.1, 0.15) is 11.1 Å². The number of rotatable bonds is 4. The zero-order valence-electron chi connectivity index (χ0n) is 12.4. The average molecular weight is 370 g/mol. The average Bonchev–Trinajstić information content (AvgIpc) is 3.09. The minimum absolute atomic E-state index is 0.156. The molecule has 0 bridgehead atoms. The van der Waals surface area contributed by atoms with Crippen LogP contribution in [0.4, 0.5) is 5.69 Å². The first-order valence-electron chi connectivity index (χ1n) is 7.34. The number of nitrogens with one attached hydrogen (secondary N) is 2. The normalized spacial score (nSPS) is 13.7. The van der Waals surface area contributed by atoms with Gasteiger partial charge in [0.2, 0.25) is 5.91 Å². The van der Waals surface area contributed by atoms with Gasteiger partial charge < -0.3 is 10.6 Å². The molecule has 23 heavy (non-hydrogen) atoms. The highest BCUT2D eigenvalue weighted by molar-refractivity contribution is 9.10. The van der Waals surface area contributed by atoms with Gasteiger partial charge in [0.05, 0.1) is 6.54 Å². The molecule has 0 atom stereocenters. The van der Waals surface area contributed by atoms with E-state index in [1.165, 1.54) is 6.08 Å². The topological polar surface area (TPSA) is 53.5 Å². The Bertz CT molecular complexity index is 749. The summed E-state index contributed by atoms with van der Waals surface area (Å²) in [7, 11) is 0. The molecular formula is C18H16BrN3O. The highest BCUT2D eigenvalue weighted by Gasteiger charge is 2.07. The standard InChI is InChI=1S/C18H16BrN3O/c19-15-6-1-13(2-7-15)3-10-17(23)22-16-8-4-14(5-9-16)18-20-11-12-21-18/h1-10H,11-12H2,(H,20,21)(H,22,23)/b10-3+. The lowest BCUT2D eigenvalue weighted by atomic mass is 10.2. The van der Waals surface area contributed by atoms with Gasteiger partial charge in [0, 0.05) is 28.3 Å². The number of amidine groups is 1. The highest BCUT2D eigenvalue weighted by atomic mass is 79.9. The molecule has 0 unspecified atom stereocenters. The Morgan fingerprint density at radius 1 is 1.13 bits per heavy atom. The third-order valence-electron chi connectivity index (χ3n) is 3.40. The van der Waals surface area contributed by atoms with E-state index in [0.29, 0.717) is 0 Å². The van der Waals surface area contributed by atoms with E-state index in [4.69, 9.17) is 0 Å². The molecule has 3 rings (SSSR count). The van der Waals surface area contributed by atoms with Crippen molar-refractivity contribution in [1.29, 1.82) is 0 Å². The molecule has 0 saturated carbocycles. The molecule has 0 radical (unpaired) electrons. The first kappa shape index (κ1) is 15.5. The van der Waals surface area contributed by atoms with Crippen molar-refractivity contribution in [2.45, 2.75) is 0 Å². The quantitative estimate of drug-likeness (QED) is 0.810. The summed E-state index contributed by atoms with van der Waals surface area (Å²) in [5.41, 5.74) is 2.77. The third kappa shape index (κ3) is 4.29. The van der Waals surface area contributed by atoms with Crippen molar-refractivity contribution in [3.05, 3.63) is 70.2 Å². The van der Waals surface area contributed by atoms with Gasteiger partial charge in [0.1, 0.15) is 5.84 Å². The van der Waals surface area contributed by atoms with Gasteiger partial charge in [-0.2, -0.15) is 0 Å². The van der Waals surface area contributed by atoms with E-state index < -0.39 is 0 Å². The summed E-state index contributed by atoms with van der Waals surface area (Å²) in [4.78, 5) is 16.3. The SMILES string of the molecule is O=C(/C=C/c1ccc(Br)cc1)Nc1ccc(C2=NCCN2)cc1. The first-order valence-corrected chi connectivity index (χ1v) is 8.13. The molecule has 1 heterocycles. The van der Waals surface area contributed by atoms with Gasteiger partial charge in [-0.1, -0.05) is 28.1 Å². The Morgan fingerprint density at radius 2 is 1.87 bits per heavy atom. The van der Waals surface area contributed by atoms with E-state index in [2.05, 4.69) is 31.6 Å². The third-order valence-corrected chi connectivity index (χ3v) is 3.93. The lowest BCUT2D eigenvalue weighted by Gasteiger charge is -2.05. The van der Waals surface area contributed by atoms with Gasteiger partial charge in [0.25, 0.3) is 0 Å². The Labute approximate surface area is 143 Å². The molecule has 1 amide bonds. The fourth-order valence-corrected chi connectivity index (χ4v) is 2.50. The molecular weight excluding hydrogens is 354 g/mol. The van der Waals surface area contributed by atoms with Gasteiger partial charge in [-0.05, 0) is 48.0 Å². The molecule has 2 N–H and O–H groups in total. The van der Waals surface area contributed by atoms with Crippen molar-refractivity contribution in [2.75, 3.05) is 18.4 Å². The van der Waals surface area contributed by atoms with E-state index in [0.717, 1.165) is 40.2 Å². The van der Waals surface area contributed by atoms with Crippen LogP contribution in [0.2, 0.25) is 0 Å². The number of benzene rings is 2. The fraction of sp³-hybridized carbons (Fsp3) is 0.111. The highest BCUT2D eigenvalue weighted by Crippen LogP contribution is 2.13. The van der Waals surface area contributed by atoms with Crippen molar-refractivity contribution >= 4 is 39.4 Å². The molecule has 4 nitrogen and oxygen atoms in total. The van der Waals surface area contributed by atoms with Crippen LogP contribution in [-0.2, 0) is 4.79 Å². The number of nitrogens with zero attached hydrogens (tertiary/aromatic N) is 1. The Balaban J connectivity index is 1.60. The van der Waals surface area contributed by atoms with Gasteiger partial charge in [-0.25, -0.2) is 0 Å².